The predicted octanol–water partition coefficient (Wildman–Crippen LogP) is 2.69. The molecule has 0 unspecified atom stereocenters. The summed E-state index contributed by atoms with van der Waals surface area (Å²) < 4.78 is 15.7. The third kappa shape index (κ3) is 3.57. The number of hydrogen-bond donors (Lipinski definition) is 0. The Labute approximate surface area is 142 Å². The number of nitrogens with zero attached hydrogens (tertiary/aromatic N) is 2. The fourth-order valence-electron chi connectivity index (χ4n) is 2.44. The molecule has 0 aromatic heterocycles. The first kappa shape index (κ1) is 16.4. The quantitative estimate of drug-likeness (QED) is 0.478. The van der Waals surface area contributed by atoms with Crippen LogP contribution in [-0.4, -0.2) is 17.7 Å². The first-order chi connectivity index (χ1) is 12.1. The summed E-state index contributed by atoms with van der Waals surface area (Å²) in [5, 5.41) is 19.9. The van der Waals surface area contributed by atoms with E-state index in [4.69, 9.17) is 19.5 Å². The number of esters is 1. The van der Waals surface area contributed by atoms with Crippen LogP contribution < -0.4 is 4.74 Å². The molecule has 8 heteroatoms. The van der Waals surface area contributed by atoms with Gasteiger partial charge in [0, 0.05) is 23.3 Å². The van der Waals surface area contributed by atoms with Crippen LogP contribution in [0.1, 0.15) is 27.0 Å². The number of nitro groups is 1. The van der Waals surface area contributed by atoms with Crippen LogP contribution in [0.5, 0.6) is 5.75 Å². The van der Waals surface area contributed by atoms with Gasteiger partial charge in [-0.05, 0) is 18.2 Å². The maximum atomic E-state index is 12.1. The van der Waals surface area contributed by atoms with E-state index in [0.29, 0.717) is 22.4 Å². The molecule has 0 N–H and O–H groups in total. The van der Waals surface area contributed by atoms with Gasteiger partial charge in [0.15, 0.2) is 6.79 Å². The van der Waals surface area contributed by atoms with Crippen LogP contribution in [-0.2, 0) is 22.7 Å². The zero-order chi connectivity index (χ0) is 17.8. The highest BCUT2D eigenvalue weighted by atomic mass is 16.7. The molecule has 126 valence electrons. The summed E-state index contributed by atoms with van der Waals surface area (Å²) in [5.41, 5.74) is 1.34. The topological polar surface area (TPSA) is 112 Å². The number of carbonyl (C=O) groups excluding carboxylic acids is 1. The average Bonchev–Trinajstić information content (AvgIpc) is 2.65. The van der Waals surface area contributed by atoms with Crippen LogP contribution >= 0.6 is 0 Å². The SMILES string of the molecule is N#Cc1cccc(C(=O)OCc2cc([N+](=O)[O-])cc3c2OCOC3)c1. The first-order valence-corrected chi connectivity index (χ1v) is 7.26. The largest absolute Gasteiger partial charge is 0.467 e. The number of carbonyl (C=O) groups is 1. The highest BCUT2D eigenvalue weighted by Gasteiger charge is 2.22. The highest BCUT2D eigenvalue weighted by molar-refractivity contribution is 5.89. The Kier molecular flexibility index (Phi) is 4.59. The van der Waals surface area contributed by atoms with Gasteiger partial charge >= 0.3 is 5.97 Å². The number of rotatable bonds is 4. The third-order valence-electron chi connectivity index (χ3n) is 3.57. The molecule has 0 saturated carbocycles. The van der Waals surface area contributed by atoms with Crippen LogP contribution in [0.2, 0.25) is 0 Å². The fraction of sp³-hybridized carbons (Fsp3) is 0.176. The average molecular weight is 340 g/mol. The molecule has 0 amide bonds. The molecule has 0 radical (unpaired) electrons. The Hall–Kier alpha value is -3.44. The maximum Gasteiger partial charge on any atom is 0.338 e. The normalized spacial score (nSPS) is 12.4. The van der Waals surface area contributed by atoms with Crippen molar-refractivity contribution in [1.29, 1.82) is 5.26 Å². The summed E-state index contributed by atoms with van der Waals surface area (Å²) in [7, 11) is 0. The minimum absolute atomic E-state index is 0.0238. The monoisotopic (exact) mass is 340 g/mol. The van der Waals surface area contributed by atoms with Gasteiger partial charge in [-0.25, -0.2) is 4.79 Å². The maximum absolute atomic E-state index is 12.1. The van der Waals surface area contributed by atoms with Gasteiger partial charge in [0.05, 0.1) is 28.7 Å². The molecule has 2 aromatic carbocycles. The molecule has 2 aromatic rings. The molecular weight excluding hydrogens is 328 g/mol. The Bertz CT molecular complexity index is 887. The van der Waals surface area contributed by atoms with E-state index in [1.54, 1.807) is 12.1 Å². The highest BCUT2D eigenvalue weighted by Crippen LogP contribution is 2.33. The molecule has 3 rings (SSSR count). The van der Waals surface area contributed by atoms with Crippen molar-refractivity contribution >= 4 is 11.7 Å². The summed E-state index contributed by atoms with van der Waals surface area (Å²) >= 11 is 0. The smallest absolute Gasteiger partial charge is 0.338 e. The summed E-state index contributed by atoms with van der Waals surface area (Å²) in [6, 6.07) is 10.7. The van der Waals surface area contributed by atoms with Gasteiger partial charge in [-0.15, -0.1) is 0 Å². The minimum atomic E-state index is -0.635. The van der Waals surface area contributed by atoms with Gasteiger partial charge in [-0.2, -0.15) is 5.26 Å². The molecule has 25 heavy (non-hydrogen) atoms. The molecule has 0 spiro atoms. The summed E-state index contributed by atoms with van der Waals surface area (Å²) in [4.78, 5) is 22.7. The number of fused-ring (bicyclic) bond motifs is 1. The van der Waals surface area contributed by atoms with Crippen molar-refractivity contribution in [2.75, 3.05) is 6.79 Å². The molecule has 1 aliphatic heterocycles. The standard InChI is InChI=1S/C17H12N2O6/c18-7-11-2-1-3-12(4-11)17(20)24-9-14-6-15(19(21)22)5-13-8-23-10-25-16(13)14/h1-6H,8-10H2. The van der Waals surface area contributed by atoms with Crippen molar-refractivity contribution in [3.8, 4) is 11.8 Å². The fourth-order valence-corrected chi connectivity index (χ4v) is 2.44. The lowest BCUT2D eigenvalue weighted by Gasteiger charge is -2.20. The van der Waals surface area contributed by atoms with E-state index in [2.05, 4.69) is 0 Å². The minimum Gasteiger partial charge on any atom is -0.467 e. The van der Waals surface area contributed by atoms with E-state index in [0.717, 1.165) is 0 Å². The van der Waals surface area contributed by atoms with Gasteiger partial charge in [0.1, 0.15) is 12.4 Å². The van der Waals surface area contributed by atoms with Crippen molar-refractivity contribution in [2.24, 2.45) is 0 Å². The molecule has 0 saturated heterocycles. The van der Waals surface area contributed by atoms with Crippen molar-refractivity contribution in [1.82, 2.24) is 0 Å². The van der Waals surface area contributed by atoms with Crippen LogP contribution in [0.25, 0.3) is 0 Å². The van der Waals surface area contributed by atoms with E-state index >= 15 is 0 Å². The molecule has 0 aliphatic carbocycles. The van der Waals surface area contributed by atoms with Crippen molar-refractivity contribution < 1.29 is 23.9 Å². The second-order valence-electron chi connectivity index (χ2n) is 5.23. The zero-order valence-electron chi connectivity index (χ0n) is 12.9. The second kappa shape index (κ2) is 6.98. The van der Waals surface area contributed by atoms with E-state index in [9.17, 15) is 14.9 Å². The summed E-state index contributed by atoms with van der Waals surface area (Å²) in [5.74, 6) is -0.208. The van der Waals surface area contributed by atoms with Crippen LogP contribution in [0.15, 0.2) is 36.4 Å². The number of hydrogen-bond acceptors (Lipinski definition) is 7. The predicted molar refractivity (Wildman–Crippen MR) is 83.7 cm³/mol. The number of nitriles is 1. The first-order valence-electron chi connectivity index (χ1n) is 7.26. The Morgan fingerprint density at radius 3 is 2.96 bits per heavy atom. The lowest BCUT2D eigenvalue weighted by atomic mass is 10.1. The molecule has 8 nitrogen and oxygen atoms in total. The lowest BCUT2D eigenvalue weighted by molar-refractivity contribution is -0.385. The second-order valence-corrected chi connectivity index (χ2v) is 5.23. The van der Waals surface area contributed by atoms with E-state index in [-0.39, 0.29) is 31.3 Å². The van der Waals surface area contributed by atoms with Crippen LogP contribution in [0.3, 0.4) is 0 Å². The Morgan fingerprint density at radius 2 is 2.20 bits per heavy atom. The van der Waals surface area contributed by atoms with E-state index in [1.165, 1.54) is 24.3 Å². The Balaban J connectivity index is 1.82. The number of benzene rings is 2. The zero-order valence-corrected chi connectivity index (χ0v) is 12.9. The molecule has 0 bridgehead atoms. The molecule has 0 fully saturated rings. The van der Waals surface area contributed by atoms with Crippen molar-refractivity contribution in [3.05, 3.63) is 68.8 Å². The Morgan fingerprint density at radius 1 is 1.36 bits per heavy atom. The molecule has 1 heterocycles. The van der Waals surface area contributed by atoms with Crippen LogP contribution in [0, 0.1) is 21.4 Å². The van der Waals surface area contributed by atoms with Gasteiger partial charge in [0.2, 0.25) is 0 Å². The summed E-state index contributed by atoms with van der Waals surface area (Å²) in [6.45, 7) is 0.0117. The van der Waals surface area contributed by atoms with Gasteiger partial charge < -0.3 is 14.2 Å². The van der Waals surface area contributed by atoms with Crippen LogP contribution in [0.4, 0.5) is 5.69 Å². The van der Waals surface area contributed by atoms with Crippen molar-refractivity contribution in [2.45, 2.75) is 13.2 Å². The molecule has 1 aliphatic rings. The number of nitro benzene ring substituents is 1. The molecular formula is C17H12N2O6. The number of ether oxygens (including phenoxy) is 3. The molecule has 0 atom stereocenters. The van der Waals surface area contributed by atoms with Gasteiger partial charge in [-0.3, -0.25) is 10.1 Å². The summed E-state index contributed by atoms with van der Waals surface area (Å²) in [6.07, 6.45) is 0. The van der Waals surface area contributed by atoms with E-state index in [1.807, 2.05) is 6.07 Å². The van der Waals surface area contributed by atoms with Crippen molar-refractivity contribution in [3.63, 3.8) is 0 Å². The third-order valence-corrected chi connectivity index (χ3v) is 3.57. The van der Waals surface area contributed by atoms with Gasteiger partial charge in [0.25, 0.3) is 5.69 Å². The number of non-ortho nitro benzene ring substituents is 1. The van der Waals surface area contributed by atoms with Gasteiger partial charge in [-0.1, -0.05) is 6.07 Å². The lowest BCUT2D eigenvalue weighted by Crippen LogP contribution is -2.15. The van der Waals surface area contributed by atoms with E-state index < -0.39 is 10.9 Å².